The second-order valence-electron chi connectivity index (χ2n) is 2.04. The summed E-state index contributed by atoms with van der Waals surface area (Å²) in [5.41, 5.74) is 0.0949. The molecule has 1 rings (SSSR count). The number of amides is 1. The Morgan fingerprint density at radius 3 is 3.00 bits per heavy atom. The molecule has 10 heavy (non-hydrogen) atoms. The Labute approximate surface area is 64.5 Å². The molecule has 1 aliphatic heterocycles. The third-order valence-corrected chi connectivity index (χ3v) is 2.29. The number of likely N-dealkylation sites (N-methyl/N-ethyl adjacent to an activating group) is 1. The molecule has 0 fully saturated rings. The number of hydrogen-bond donors (Lipinski definition) is 1. The molecule has 1 atom stereocenters. The largest absolute Gasteiger partial charge is 0.363 e. The molecule has 0 aromatic carbocycles. The fraction of sp³-hybridized carbons (Fsp3) is 0.500. The van der Waals surface area contributed by atoms with Gasteiger partial charge in [-0.2, -0.15) is 0 Å². The molecule has 1 unspecified atom stereocenters. The minimum absolute atomic E-state index is 0.0538. The normalized spacial score (nSPS) is 24.8. The van der Waals surface area contributed by atoms with Crippen LogP contribution in [-0.4, -0.2) is 29.6 Å². The van der Waals surface area contributed by atoms with Crippen molar-refractivity contribution in [2.24, 2.45) is 0 Å². The molecule has 0 aromatic heterocycles. The molecule has 1 N–H and O–H groups in total. The van der Waals surface area contributed by atoms with Crippen LogP contribution in [0.15, 0.2) is 12.3 Å². The van der Waals surface area contributed by atoms with Crippen LogP contribution in [0.4, 0.5) is 0 Å². The lowest BCUT2D eigenvalue weighted by atomic mass is 10.4. The van der Waals surface area contributed by atoms with Crippen molar-refractivity contribution in [1.29, 1.82) is 0 Å². The number of thioether (sulfide) groups is 1. The maximum Gasteiger partial charge on any atom is 0.250 e. The molecule has 0 aromatic rings. The summed E-state index contributed by atoms with van der Waals surface area (Å²) in [6, 6.07) is 0. The molecule has 0 radical (unpaired) electrons. The van der Waals surface area contributed by atoms with Gasteiger partial charge in [-0.3, -0.25) is 4.79 Å². The average Bonchev–Trinajstić information content (AvgIpc) is 1.95. The predicted octanol–water partition coefficient (Wildman–Crippen LogP) is 0.208. The van der Waals surface area contributed by atoms with E-state index in [0.717, 1.165) is 0 Å². The standard InChI is InChI=1S/C6H10N2OS/c1-8-5(9)3-4-7-6(8)10-2/h3-4,6-7H,1-2H3. The molecule has 0 saturated heterocycles. The molecule has 56 valence electrons. The van der Waals surface area contributed by atoms with Crippen molar-refractivity contribution in [3.05, 3.63) is 12.3 Å². The second kappa shape index (κ2) is 2.96. The summed E-state index contributed by atoms with van der Waals surface area (Å²) in [7, 11) is 1.78. The number of carbonyl (C=O) groups is 1. The van der Waals surface area contributed by atoms with Crippen molar-refractivity contribution in [2.75, 3.05) is 13.3 Å². The maximum absolute atomic E-state index is 10.9. The molecule has 1 amide bonds. The summed E-state index contributed by atoms with van der Waals surface area (Å²) in [5.74, 6) is 0.0538. The summed E-state index contributed by atoms with van der Waals surface area (Å²) in [5, 5.41) is 3.04. The van der Waals surface area contributed by atoms with Gasteiger partial charge in [-0.15, -0.1) is 11.8 Å². The highest BCUT2D eigenvalue weighted by Gasteiger charge is 2.18. The molecule has 0 saturated carbocycles. The average molecular weight is 158 g/mol. The van der Waals surface area contributed by atoms with Crippen molar-refractivity contribution in [2.45, 2.75) is 5.50 Å². The second-order valence-corrected chi connectivity index (χ2v) is 2.96. The first-order chi connectivity index (χ1) is 4.75. The van der Waals surface area contributed by atoms with Crippen molar-refractivity contribution >= 4 is 17.7 Å². The van der Waals surface area contributed by atoms with Gasteiger partial charge in [-0.05, 0) is 6.26 Å². The van der Waals surface area contributed by atoms with Gasteiger partial charge in [0, 0.05) is 19.3 Å². The lowest BCUT2D eigenvalue weighted by Crippen LogP contribution is -2.44. The van der Waals surface area contributed by atoms with Gasteiger partial charge in [0.2, 0.25) is 5.91 Å². The van der Waals surface area contributed by atoms with E-state index in [4.69, 9.17) is 0 Å². The molecular formula is C6H10N2OS. The zero-order chi connectivity index (χ0) is 7.56. The fourth-order valence-electron chi connectivity index (χ4n) is 0.773. The lowest BCUT2D eigenvalue weighted by molar-refractivity contribution is -0.126. The molecule has 3 nitrogen and oxygen atoms in total. The van der Waals surface area contributed by atoms with Crippen LogP contribution in [0.25, 0.3) is 0 Å². The van der Waals surface area contributed by atoms with E-state index in [1.165, 1.54) is 6.08 Å². The lowest BCUT2D eigenvalue weighted by Gasteiger charge is -2.28. The Morgan fingerprint density at radius 2 is 2.50 bits per heavy atom. The highest BCUT2D eigenvalue weighted by Crippen LogP contribution is 2.10. The molecule has 1 heterocycles. The van der Waals surface area contributed by atoms with Crippen molar-refractivity contribution in [1.82, 2.24) is 10.2 Å². The van der Waals surface area contributed by atoms with E-state index in [1.807, 2.05) is 6.26 Å². The summed E-state index contributed by atoms with van der Waals surface area (Å²) < 4.78 is 0. The van der Waals surface area contributed by atoms with Gasteiger partial charge in [-0.1, -0.05) is 0 Å². The van der Waals surface area contributed by atoms with Crippen LogP contribution in [0.5, 0.6) is 0 Å². The molecule has 0 bridgehead atoms. The van der Waals surface area contributed by atoms with Crippen LogP contribution >= 0.6 is 11.8 Å². The summed E-state index contributed by atoms with van der Waals surface area (Å²) in [6.07, 6.45) is 5.16. The van der Waals surface area contributed by atoms with E-state index < -0.39 is 0 Å². The monoisotopic (exact) mass is 158 g/mol. The number of carbonyl (C=O) groups excluding carboxylic acids is 1. The van der Waals surface area contributed by atoms with E-state index in [1.54, 1.807) is 29.9 Å². The first-order valence-electron chi connectivity index (χ1n) is 2.98. The highest BCUT2D eigenvalue weighted by molar-refractivity contribution is 7.99. The minimum Gasteiger partial charge on any atom is -0.363 e. The van der Waals surface area contributed by atoms with Crippen molar-refractivity contribution in [3.8, 4) is 0 Å². The summed E-state index contributed by atoms with van der Waals surface area (Å²) in [4.78, 5) is 12.6. The van der Waals surface area contributed by atoms with Crippen LogP contribution in [0, 0.1) is 0 Å². The number of rotatable bonds is 1. The van der Waals surface area contributed by atoms with E-state index in [9.17, 15) is 4.79 Å². The van der Waals surface area contributed by atoms with Gasteiger partial charge in [0.1, 0.15) is 5.50 Å². The van der Waals surface area contributed by atoms with Crippen LogP contribution in [0.3, 0.4) is 0 Å². The first kappa shape index (κ1) is 7.47. The Kier molecular flexibility index (Phi) is 2.21. The zero-order valence-electron chi connectivity index (χ0n) is 6.00. The minimum atomic E-state index is 0.0538. The van der Waals surface area contributed by atoms with E-state index in [2.05, 4.69) is 5.32 Å². The molecule has 0 aliphatic carbocycles. The first-order valence-corrected chi connectivity index (χ1v) is 4.26. The number of nitrogens with zero attached hydrogens (tertiary/aromatic N) is 1. The number of hydrogen-bond acceptors (Lipinski definition) is 3. The van der Waals surface area contributed by atoms with Crippen LogP contribution in [-0.2, 0) is 4.79 Å². The Hall–Kier alpha value is -0.640. The van der Waals surface area contributed by atoms with E-state index in [-0.39, 0.29) is 11.4 Å². The maximum atomic E-state index is 10.9. The topological polar surface area (TPSA) is 32.3 Å². The van der Waals surface area contributed by atoms with Crippen LogP contribution in [0.2, 0.25) is 0 Å². The predicted molar refractivity (Wildman–Crippen MR) is 42.3 cm³/mol. The Morgan fingerprint density at radius 1 is 1.80 bits per heavy atom. The molecule has 0 spiro atoms. The molecule has 1 aliphatic rings. The van der Waals surface area contributed by atoms with Gasteiger partial charge in [-0.25, -0.2) is 0 Å². The van der Waals surface area contributed by atoms with E-state index >= 15 is 0 Å². The highest BCUT2D eigenvalue weighted by atomic mass is 32.2. The molecular weight excluding hydrogens is 148 g/mol. The molecule has 4 heteroatoms. The third kappa shape index (κ3) is 1.26. The van der Waals surface area contributed by atoms with Gasteiger partial charge in [0.25, 0.3) is 0 Å². The van der Waals surface area contributed by atoms with Crippen molar-refractivity contribution in [3.63, 3.8) is 0 Å². The van der Waals surface area contributed by atoms with Crippen molar-refractivity contribution < 1.29 is 4.79 Å². The quantitative estimate of drug-likeness (QED) is 0.592. The van der Waals surface area contributed by atoms with Gasteiger partial charge < -0.3 is 10.2 Å². The van der Waals surface area contributed by atoms with Gasteiger partial charge in [0.05, 0.1) is 0 Å². The van der Waals surface area contributed by atoms with Gasteiger partial charge in [0.15, 0.2) is 0 Å². The van der Waals surface area contributed by atoms with Crippen LogP contribution in [0.1, 0.15) is 0 Å². The number of nitrogens with one attached hydrogen (secondary N) is 1. The van der Waals surface area contributed by atoms with E-state index in [0.29, 0.717) is 0 Å². The summed E-state index contributed by atoms with van der Waals surface area (Å²) >= 11 is 1.60. The SMILES string of the molecule is CSC1NC=CC(=O)N1C. The summed E-state index contributed by atoms with van der Waals surface area (Å²) in [6.45, 7) is 0. The third-order valence-electron chi connectivity index (χ3n) is 1.39. The fourth-order valence-corrected chi connectivity index (χ4v) is 1.41. The smallest absolute Gasteiger partial charge is 0.250 e. The Balaban J connectivity index is 2.65. The van der Waals surface area contributed by atoms with Gasteiger partial charge >= 0.3 is 0 Å². The Bertz CT molecular complexity index is 169. The zero-order valence-corrected chi connectivity index (χ0v) is 6.81. The van der Waals surface area contributed by atoms with Crippen LogP contribution < -0.4 is 5.32 Å².